The minimum atomic E-state index is -0.362. The smallest absolute Gasteiger partial charge is 0.272 e. The lowest BCUT2D eigenvalue weighted by molar-refractivity contribution is 0.0950. The summed E-state index contributed by atoms with van der Waals surface area (Å²) >= 11 is 7.65. The molecular formula is C15H11ClN4OS. The summed E-state index contributed by atoms with van der Waals surface area (Å²) in [6.07, 6.45) is 1.59. The average Bonchev–Trinajstić information content (AvgIpc) is 3.19. The van der Waals surface area contributed by atoms with E-state index in [1.165, 1.54) is 11.3 Å². The molecule has 0 unspecified atom stereocenters. The third-order valence-corrected chi connectivity index (χ3v) is 4.01. The number of carbonyl (C=O) groups excluding carboxylic acids is 1. The van der Waals surface area contributed by atoms with Crippen LogP contribution in [-0.2, 0) is 0 Å². The quantitative estimate of drug-likeness (QED) is 0.567. The highest BCUT2D eigenvalue weighted by Gasteiger charge is 2.12. The first-order valence-electron chi connectivity index (χ1n) is 6.41. The monoisotopic (exact) mass is 330 g/mol. The number of nitrogens with one attached hydrogen (secondary N) is 2. The van der Waals surface area contributed by atoms with E-state index in [-0.39, 0.29) is 5.91 Å². The van der Waals surface area contributed by atoms with Crippen LogP contribution in [0.2, 0.25) is 5.02 Å². The molecule has 2 aromatic heterocycles. The van der Waals surface area contributed by atoms with Gasteiger partial charge in [0.2, 0.25) is 0 Å². The molecular weight excluding hydrogens is 320 g/mol. The average molecular weight is 331 g/mol. The summed E-state index contributed by atoms with van der Waals surface area (Å²) in [6, 6.07) is 12.8. The highest BCUT2D eigenvalue weighted by Crippen LogP contribution is 2.26. The number of carbonyl (C=O) groups is 1. The molecule has 5 nitrogen and oxygen atoms in total. The molecule has 0 atom stereocenters. The fraction of sp³-hybridized carbons (Fsp3) is 0. The maximum absolute atomic E-state index is 12.0. The van der Waals surface area contributed by atoms with Crippen LogP contribution in [0.1, 0.15) is 15.4 Å². The third kappa shape index (κ3) is 3.24. The van der Waals surface area contributed by atoms with Gasteiger partial charge in [-0.1, -0.05) is 35.9 Å². The van der Waals surface area contributed by atoms with Crippen molar-refractivity contribution in [3.05, 3.63) is 63.4 Å². The van der Waals surface area contributed by atoms with Gasteiger partial charge in [-0.05, 0) is 23.6 Å². The highest BCUT2D eigenvalue weighted by molar-refractivity contribution is 7.11. The summed E-state index contributed by atoms with van der Waals surface area (Å²) in [4.78, 5) is 12.9. The van der Waals surface area contributed by atoms with Gasteiger partial charge in [0.15, 0.2) is 0 Å². The molecule has 3 aromatic rings. The maximum atomic E-state index is 12.0. The van der Waals surface area contributed by atoms with Gasteiger partial charge in [0.1, 0.15) is 5.69 Å². The molecule has 1 amide bonds. The molecule has 2 heterocycles. The zero-order valence-corrected chi connectivity index (χ0v) is 12.9. The molecule has 0 spiro atoms. The van der Waals surface area contributed by atoms with Crippen molar-refractivity contribution in [2.75, 3.05) is 0 Å². The number of hydrogen-bond donors (Lipinski definition) is 2. The Morgan fingerprint density at radius 2 is 2.18 bits per heavy atom. The van der Waals surface area contributed by atoms with Gasteiger partial charge in [-0.3, -0.25) is 9.89 Å². The van der Waals surface area contributed by atoms with E-state index in [4.69, 9.17) is 11.6 Å². The molecule has 0 saturated carbocycles. The first kappa shape index (κ1) is 14.5. The largest absolute Gasteiger partial charge is 0.289 e. The van der Waals surface area contributed by atoms with Crippen LogP contribution in [0, 0.1) is 0 Å². The normalized spacial score (nSPS) is 11.0. The predicted octanol–water partition coefficient (Wildman–Crippen LogP) is 3.56. The number of aromatic nitrogens is 2. The molecule has 3 rings (SSSR count). The number of nitrogens with zero attached hydrogens (tertiary/aromatic N) is 2. The van der Waals surface area contributed by atoms with Crippen LogP contribution in [-0.4, -0.2) is 22.3 Å². The molecule has 0 aliphatic carbocycles. The predicted molar refractivity (Wildman–Crippen MR) is 88.4 cm³/mol. The van der Waals surface area contributed by atoms with Gasteiger partial charge < -0.3 is 0 Å². The number of aromatic amines is 1. The lowest BCUT2D eigenvalue weighted by Gasteiger charge is -1.98. The van der Waals surface area contributed by atoms with Crippen LogP contribution in [0.25, 0.3) is 11.3 Å². The van der Waals surface area contributed by atoms with Crippen molar-refractivity contribution in [2.24, 2.45) is 5.10 Å². The number of rotatable bonds is 4. The zero-order valence-electron chi connectivity index (χ0n) is 11.3. The second kappa shape index (κ2) is 6.55. The molecule has 0 fully saturated rings. The van der Waals surface area contributed by atoms with Gasteiger partial charge in [-0.2, -0.15) is 10.2 Å². The van der Waals surface area contributed by atoms with Crippen molar-refractivity contribution in [1.29, 1.82) is 0 Å². The molecule has 0 radical (unpaired) electrons. The van der Waals surface area contributed by atoms with Crippen molar-refractivity contribution in [3.63, 3.8) is 0 Å². The van der Waals surface area contributed by atoms with E-state index in [0.717, 1.165) is 10.4 Å². The zero-order chi connectivity index (χ0) is 15.4. The van der Waals surface area contributed by atoms with Crippen molar-refractivity contribution in [3.8, 4) is 11.3 Å². The van der Waals surface area contributed by atoms with Crippen LogP contribution in [0.4, 0.5) is 0 Å². The Morgan fingerprint density at radius 3 is 2.95 bits per heavy atom. The summed E-state index contributed by atoms with van der Waals surface area (Å²) in [7, 11) is 0. The first-order chi connectivity index (χ1) is 10.7. The minimum Gasteiger partial charge on any atom is -0.272 e. The van der Waals surface area contributed by atoms with E-state index < -0.39 is 0 Å². The number of amides is 1. The number of H-pyrrole nitrogens is 1. The Hall–Kier alpha value is -2.44. The van der Waals surface area contributed by atoms with E-state index in [2.05, 4.69) is 20.7 Å². The SMILES string of the molecule is O=C(N/N=C/c1cccs1)c1cc(-c2ccccc2Cl)n[nH]1. The minimum absolute atomic E-state index is 0.318. The third-order valence-electron chi connectivity index (χ3n) is 2.87. The number of halogens is 1. The van der Waals surface area contributed by atoms with E-state index >= 15 is 0 Å². The van der Waals surface area contributed by atoms with Gasteiger partial charge in [-0.25, -0.2) is 5.43 Å². The summed E-state index contributed by atoms with van der Waals surface area (Å²) in [5, 5.41) is 13.2. The topological polar surface area (TPSA) is 70.1 Å². The fourth-order valence-corrected chi connectivity index (χ4v) is 2.64. The van der Waals surface area contributed by atoms with E-state index in [0.29, 0.717) is 16.4 Å². The number of hydrogen-bond acceptors (Lipinski definition) is 4. The van der Waals surface area contributed by atoms with Crippen LogP contribution in [0.15, 0.2) is 52.9 Å². The first-order valence-corrected chi connectivity index (χ1v) is 7.67. The van der Waals surface area contributed by atoms with Gasteiger partial charge >= 0.3 is 0 Å². The van der Waals surface area contributed by atoms with Gasteiger partial charge in [0.25, 0.3) is 5.91 Å². The summed E-state index contributed by atoms with van der Waals surface area (Å²) in [5.74, 6) is -0.362. The molecule has 2 N–H and O–H groups in total. The Labute approximate surface area is 135 Å². The molecule has 1 aromatic carbocycles. The second-order valence-electron chi connectivity index (χ2n) is 4.36. The van der Waals surface area contributed by atoms with Crippen LogP contribution < -0.4 is 5.43 Å². The molecule has 7 heteroatoms. The van der Waals surface area contributed by atoms with Gasteiger partial charge in [-0.15, -0.1) is 11.3 Å². The summed E-state index contributed by atoms with van der Waals surface area (Å²) in [6.45, 7) is 0. The van der Waals surface area contributed by atoms with E-state index in [1.54, 1.807) is 18.3 Å². The maximum Gasteiger partial charge on any atom is 0.289 e. The van der Waals surface area contributed by atoms with Crippen LogP contribution in [0.3, 0.4) is 0 Å². The summed E-state index contributed by atoms with van der Waals surface area (Å²) in [5.41, 5.74) is 4.14. The Bertz CT molecular complexity index is 811. The number of benzene rings is 1. The standard InChI is InChI=1S/C15H11ClN4OS/c16-12-6-2-1-5-11(12)13-8-14(19-18-13)15(21)20-17-9-10-4-3-7-22-10/h1-9H,(H,18,19)(H,20,21)/b17-9+. The van der Waals surface area contributed by atoms with E-state index in [1.807, 2.05) is 35.7 Å². The summed E-state index contributed by atoms with van der Waals surface area (Å²) < 4.78 is 0. The Balaban J connectivity index is 1.71. The van der Waals surface area contributed by atoms with E-state index in [9.17, 15) is 4.79 Å². The second-order valence-corrected chi connectivity index (χ2v) is 5.75. The molecule has 0 aliphatic heterocycles. The van der Waals surface area contributed by atoms with Gasteiger partial charge in [0, 0.05) is 10.4 Å². The number of hydrazone groups is 1. The molecule has 22 heavy (non-hydrogen) atoms. The van der Waals surface area contributed by atoms with Crippen molar-refractivity contribution >= 4 is 35.1 Å². The number of thiophene rings is 1. The molecule has 110 valence electrons. The molecule has 0 bridgehead atoms. The van der Waals surface area contributed by atoms with Crippen LogP contribution in [0.5, 0.6) is 0 Å². The van der Waals surface area contributed by atoms with Crippen molar-refractivity contribution in [2.45, 2.75) is 0 Å². The Kier molecular flexibility index (Phi) is 4.32. The Morgan fingerprint density at radius 1 is 1.32 bits per heavy atom. The lowest BCUT2D eigenvalue weighted by atomic mass is 10.1. The van der Waals surface area contributed by atoms with Crippen molar-refractivity contribution < 1.29 is 4.79 Å². The van der Waals surface area contributed by atoms with Crippen LogP contribution >= 0.6 is 22.9 Å². The molecule has 0 aliphatic rings. The van der Waals surface area contributed by atoms with Crippen molar-refractivity contribution in [1.82, 2.24) is 15.6 Å². The molecule has 0 saturated heterocycles. The highest BCUT2D eigenvalue weighted by atomic mass is 35.5. The fourth-order valence-electron chi connectivity index (χ4n) is 1.82. The van der Waals surface area contributed by atoms with Gasteiger partial charge in [0.05, 0.1) is 16.9 Å². The lowest BCUT2D eigenvalue weighted by Crippen LogP contribution is -2.17.